The van der Waals surface area contributed by atoms with Crippen LogP contribution < -0.4 is 11.5 Å². The van der Waals surface area contributed by atoms with Crippen LogP contribution in [0.25, 0.3) is 0 Å². The highest BCUT2D eigenvalue weighted by atomic mass is 16.2. The van der Waals surface area contributed by atoms with Crippen LogP contribution in [0.15, 0.2) is 0 Å². The van der Waals surface area contributed by atoms with Gasteiger partial charge in [0.15, 0.2) is 0 Å². The topological polar surface area (TPSA) is 89.3 Å². The summed E-state index contributed by atoms with van der Waals surface area (Å²) in [6.45, 7) is 0.200. The van der Waals surface area contributed by atoms with Crippen molar-refractivity contribution in [3.8, 4) is 0 Å². The van der Waals surface area contributed by atoms with Crippen LogP contribution in [0.4, 0.5) is 0 Å². The summed E-state index contributed by atoms with van der Waals surface area (Å²) < 4.78 is 0. The van der Waals surface area contributed by atoms with E-state index < -0.39 is 11.9 Å². The molecule has 0 saturated carbocycles. The maximum Gasteiger partial charge on any atom is 0.234 e. The van der Waals surface area contributed by atoms with E-state index in [0.717, 1.165) is 19.3 Å². The zero-order valence-corrected chi connectivity index (χ0v) is 6.62. The van der Waals surface area contributed by atoms with Crippen molar-refractivity contribution in [1.82, 2.24) is 0 Å². The Hall–Kier alpha value is -0.610. The van der Waals surface area contributed by atoms with Gasteiger partial charge in [-0.05, 0) is 12.8 Å². The number of hydrogen-bond acceptors (Lipinski definition) is 3. The Balaban J connectivity index is 3.17. The molecule has 4 heteroatoms. The van der Waals surface area contributed by atoms with E-state index in [1.165, 1.54) is 0 Å². The van der Waals surface area contributed by atoms with Gasteiger partial charge in [-0.25, -0.2) is 0 Å². The third kappa shape index (κ3) is 5.82. The van der Waals surface area contributed by atoms with E-state index in [1.54, 1.807) is 0 Å². The maximum atomic E-state index is 10.4. The number of aliphatic hydroxyl groups excluding tert-OH is 1. The van der Waals surface area contributed by atoms with Crippen molar-refractivity contribution in [1.29, 1.82) is 0 Å². The summed E-state index contributed by atoms with van der Waals surface area (Å²) in [4.78, 5) is 10.4. The van der Waals surface area contributed by atoms with Gasteiger partial charge in [0.05, 0.1) is 6.04 Å². The van der Waals surface area contributed by atoms with E-state index in [0.29, 0.717) is 6.42 Å². The molecule has 1 amide bonds. The molecular weight excluding hydrogens is 144 g/mol. The lowest BCUT2D eigenvalue weighted by atomic mass is 10.1. The number of carbonyl (C=O) groups excluding carboxylic acids is 1. The lowest BCUT2D eigenvalue weighted by molar-refractivity contribution is -0.119. The van der Waals surface area contributed by atoms with Gasteiger partial charge < -0.3 is 16.6 Å². The second-order valence-corrected chi connectivity index (χ2v) is 2.58. The van der Waals surface area contributed by atoms with Gasteiger partial charge in [0.1, 0.15) is 0 Å². The van der Waals surface area contributed by atoms with Gasteiger partial charge in [0.25, 0.3) is 0 Å². The van der Waals surface area contributed by atoms with Crippen molar-refractivity contribution in [3.63, 3.8) is 0 Å². The van der Waals surface area contributed by atoms with Crippen molar-refractivity contribution in [2.75, 3.05) is 6.61 Å². The maximum absolute atomic E-state index is 10.4. The fourth-order valence-electron chi connectivity index (χ4n) is 0.795. The molecule has 0 aromatic heterocycles. The van der Waals surface area contributed by atoms with E-state index in [2.05, 4.69) is 0 Å². The summed E-state index contributed by atoms with van der Waals surface area (Å²) in [6.07, 6.45) is 3.14. The quantitative estimate of drug-likeness (QED) is 0.451. The molecule has 0 heterocycles. The van der Waals surface area contributed by atoms with Crippen molar-refractivity contribution < 1.29 is 9.90 Å². The minimum absolute atomic E-state index is 0.200. The molecule has 0 aromatic carbocycles. The average molecular weight is 160 g/mol. The first-order valence-corrected chi connectivity index (χ1v) is 3.84. The van der Waals surface area contributed by atoms with Crippen LogP contribution in [0.5, 0.6) is 0 Å². The summed E-state index contributed by atoms with van der Waals surface area (Å²) in [5, 5.41) is 8.42. The molecule has 4 nitrogen and oxygen atoms in total. The normalized spacial score (nSPS) is 12.9. The van der Waals surface area contributed by atoms with Gasteiger partial charge in [-0.2, -0.15) is 0 Å². The number of amides is 1. The zero-order valence-electron chi connectivity index (χ0n) is 6.62. The molecule has 5 N–H and O–H groups in total. The van der Waals surface area contributed by atoms with Gasteiger partial charge >= 0.3 is 0 Å². The van der Waals surface area contributed by atoms with Gasteiger partial charge in [-0.3, -0.25) is 4.79 Å². The number of nitrogens with two attached hydrogens (primary N) is 2. The van der Waals surface area contributed by atoms with Gasteiger partial charge in [-0.1, -0.05) is 12.8 Å². The Labute approximate surface area is 66.6 Å². The van der Waals surface area contributed by atoms with Crippen LogP contribution >= 0.6 is 0 Å². The largest absolute Gasteiger partial charge is 0.396 e. The van der Waals surface area contributed by atoms with Crippen molar-refractivity contribution in [2.24, 2.45) is 11.5 Å². The first-order chi connectivity index (χ1) is 5.18. The number of hydrogen-bond donors (Lipinski definition) is 3. The standard InChI is InChI=1S/C7H16N2O2/c8-6(7(9)11)4-2-1-3-5-10/h6,10H,1-5,8H2,(H2,9,11). The second kappa shape index (κ2) is 6.12. The summed E-state index contributed by atoms with van der Waals surface area (Å²) in [5.41, 5.74) is 10.3. The van der Waals surface area contributed by atoms with Crippen LogP contribution in [-0.2, 0) is 4.79 Å². The van der Waals surface area contributed by atoms with E-state index in [4.69, 9.17) is 16.6 Å². The number of aliphatic hydroxyl groups is 1. The fourth-order valence-corrected chi connectivity index (χ4v) is 0.795. The summed E-state index contributed by atoms with van der Waals surface area (Å²) in [6, 6.07) is -0.520. The van der Waals surface area contributed by atoms with Crippen molar-refractivity contribution >= 4 is 5.91 Å². The molecular formula is C7H16N2O2. The Morgan fingerprint density at radius 1 is 1.36 bits per heavy atom. The zero-order chi connectivity index (χ0) is 8.69. The summed E-state index contributed by atoms with van der Waals surface area (Å²) in [5.74, 6) is -0.450. The van der Waals surface area contributed by atoms with E-state index in [9.17, 15) is 4.79 Å². The van der Waals surface area contributed by atoms with Gasteiger partial charge in [0.2, 0.25) is 5.91 Å². The Morgan fingerprint density at radius 3 is 2.45 bits per heavy atom. The highest BCUT2D eigenvalue weighted by molar-refractivity contribution is 5.79. The molecule has 1 atom stereocenters. The summed E-state index contributed by atoms with van der Waals surface area (Å²) >= 11 is 0. The minimum atomic E-state index is -0.520. The SMILES string of the molecule is NC(=O)C(N)CCCCCO. The number of carbonyl (C=O) groups is 1. The van der Waals surface area contributed by atoms with E-state index >= 15 is 0 Å². The van der Waals surface area contributed by atoms with E-state index in [1.807, 2.05) is 0 Å². The molecule has 0 aromatic rings. The molecule has 11 heavy (non-hydrogen) atoms. The molecule has 0 rings (SSSR count). The third-order valence-corrected chi connectivity index (χ3v) is 1.54. The monoisotopic (exact) mass is 160 g/mol. The molecule has 66 valence electrons. The van der Waals surface area contributed by atoms with Gasteiger partial charge in [0, 0.05) is 6.61 Å². The molecule has 0 spiro atoms. The third-order valence-electron chi connectivity index (χ3n) is 1.54. The predicted molar refractivity (Wildman–Crippen MR) is 42.7 cm³/mol. The number of primary amides is 1. The van der Waals surface area contributed by atoms with Crippen LogP contribution in [0.1, 0.15) is 25.7 Å². The smallest absolute Gasteiger partial charge is 0.234 e. The lowest BCUT2D eigenvalue weighted by Gasteiger charge is -2.05. The molecule has 0 aliphatic carbocycles. The van der Waals surface area contributed by atoms with Crippen LogP contribution in [-0.4, -0.2) is 23.7 Å². The predicted octanol–water partition coefficient (Wildman–Crippen LogP) is -0.648. The molecule has 1 unspecified atom stereocenters. The second-order valence-electron chi connectivity index (χ2n) is 2.58. The van der Waals surface area contributed by atoms with E-state index in [-0.39, 0.29) is 6.61 Å². The highest BCUT2D eigenvalue weighted by Gasteiger charge is 2.07. The Morgan fingerprint density at radius 2 is 2.00 bits per heavy atom. The fraction of sp³-hybridized carbons (Fsp3) is 0.857. The minimum Gasteiger partial charge on any atom is -0.396 e. The average Bonchev–Trinajstić information content (AvgIpc) is 1.97. The molecule has 0 fully saturated rings. The lowest BCUT2D eigenvalue weighted by Crippen LogP contribution is -2.36. The Kier molecular flexibility index (Phi) is 5.78. The molecule has 0 saturated heterocycles. The number of rotatable bonds is 6. The molecule has 0 radical (unpaired) electrons. The molecule has 0 aliphatic heterocycles. The van der Waals surface area contributed by atoms with Crippen LogP contribution in [0.3, 0.4) is 0 Å². The van der Waals surface area contributed by atoms with Gasteiger partial charge in [-0.15, -0.1) is 0 Å². The highest BCUT2D eigenvalue weighted by Crippen LogP contribution is 2.00. The summed E-state index contributed by atoms with van der Waals surface area (Å²) in [7, 11) is 0. The first-order valence-electron chi connectivity index (χ1n) is 3.84. The number of unbranched alkanes of at least 4 members (excludes halogenated alkanes) is 2. The first kappa shape index (κ1) is 10.4. The molecule has 0 aliphatic rings. The van der Waals surface area contributed by atoms with Crippen molar-refractivity contribution in [3.05, 3.63) is 0 Å². The van der Waals surface area contributed by atoms with Crippen LogP contribution in [0.2, 0.25) is 0 Å². The Bertz CT molecular complexity index is 117. The molecule has 0 bridgehead atoms. The van der Waals surface area contributed by atoms with Crippen molar-refractivity contribution in [2.45, 2.75) is 31.7 Å². The van der Waals surface area contributed by atoms with Crippen LogP contribution in [0, 0.1) is 0 Å².